The lowest BCUT2D eigenvalue weighted by Gasteiger charge is -2.22. The van der Waals surface area contributed by atoms with E-state index in [-0.39, 0.29) is 17.5 Å². The summed E-state index contributed by atoms with van der Waals surface area (Å²) in [5.74, 6) is 0.317. The van der Waals surface area contributed by atoms with Crippen LogP contribution in [0.5, 0.6) is 5.75 Å². The van der Waals surface area contributed by atoms with Crippen LogP contribution in [0.4, 0.5) is 0 Å². The van der Waals surface area contributed by atoms with Gasteiger partial charge in [0.2, 0.25) is 0 Å². The van der Waals surface area contributed by atoms with Crippen LogP contribution < -0.4 is 10.1 Å². The third-order valence-corrected chi connectivity index (χ3v) is 4.29. The molecule has 4 nitrogen and oxygen atoms in total. The van der Waals surface area contributed by atoms with Crippen LogP contribution in [-0.2, 0) is 4.79 Å². The summed E-state index contributed by atoms with van der Waals surface area (Å²) >= 11 is 3.39. The quantitative estimate of drug-likeness (QED) is 0.654. The SMILES string of the molecule is COc1ccc(Br)cc1C=C(C#N)C(=O)NC1CCCCC1. The minimum absolute atomic E-state index is 0.0990. The van der Waals surface area contributed by atoms with Crippen LogP contribution in [0.3, 0.4) is 0 Å². The van der Waals surface area contributed by atoms with E-state index in [9.17, 15) is 10.1 Å². The standard InChI is InChI=1S/C17H19BrN2O2/c1-22-16-8-7-14(18)10-12(16)9-13(11-19)17(21)20-15-5-3-2-4-6-15/h7-10,15H,2-6H2,1H3,(H,20,21). The lowest BCUT2D eigenvalue weighted by Crippen LogP contribution is -2.36. The van der Waals surface area contributed by atoms with Crippen LogP contribution in [-0.4, -0.2) is 19.1 Å². The van der Waals surface area contributed by atoms with Crippen molar-refractivity contribution in [1.29, 1.82) is 5.26 Å². The summed E-state index contributed by atoms with van der Waals surface area (Å²) in [5.41, 5.74) is 0.800. The van der Waals surface area contributed by atoms with E-state index in [2.05, 4.69) is 21.2 Å². The molecule has 0 unspecified atom stereocenters. The maximum absolute atomic E-state index is 12.3. The van der Waals surface area contributed by atoms with Gasteiger partial charge < -0.3 is 10.1 Å². The number of hydrogen-bond donors (Lipinski definition) is 1. The summed E-state index contributed by atoms with van der Waals surface area (Å²) in [6, 6.07) is 7.64. The molecule has 0 spiro atoms. The van der Waals surface area contributed by atoms with Crippen molar-refractivity contribution >= 4 is 27.9 Å². The van der Waals surface area contributed by atoms with E-state index in [1.54, 1.807) is 19.3 Å². The maximum Gasteiger partial charge on any atom is 0.262 e. The van der Waals surface area contributed by atoms with E-state index < -0.39 is 0 Å². The molecule has 0 atom stereocenters. The molecule has 2 rings (SSSR count). The van der Waals surface area contributed by atoms with E-state index in [1.807, 2.05) is 18.2 Å². The van der Waals surface area contributed by atoms with Gasteiger partial charge in [0.15, 0.2) is 0 Å². The number of carbonyl (C=O) groups is 1. The van der Waals surface area contributed by atoms with Crippen molar-refractivity contribution in [2.75, 3.05) is 7.11 Å². The Labute approximate surface area is 139 Å². The molecule has 1 fully saturated rings. The zero-order valence-electron chi connectivity index (χ0n) is 12.6. The fraction of sp³-hybridized carbons (Fsp3) is 0.412. The average molecular weight is 363 g/mol. The second kappa shape index (κ2) is 8.00. The molecule has 0 aromatic heterocycles. The molecular formula is C17H19BrN2O2. The molecule has 0 heterocycles. The van der Waals surface area contributed by atoms with Gasteiger partial charge in [-0.3, -0.25) is 4.79 Å². The molecule has 116 valence electrons. The molecule has 1 aromatic rings. The van der Waals surface area contributed by atoms with E-state index in [0.29, 0.717) is 11.3 Å². The van der Waals surface area contributed by atoms with Crippen molar-refractivity contribution in [3.8, 4) is 11.8 Å². The Balaban J connectivity index is 2.18. The second-order valence-corrected chi connectivity index (χ2v) is 6.28. The molecule has 0 radical (unpaired) electrons. The summed E-state index contributed by atoms with van der Waals surface area (Å²) in [7, 11) is 1.56. The summed E-state index contributed by atoms with van der Waals surface area (Å²) in [4.78, 5) is 12.3. The highest BCUT2D eigenvalue weighted by atomic mass is 79.9. The highest BCUT2D eigenvalue weighted by Gasteiger charge is 2.18. The van der Waals surface area contributed by atoms with Crippen LogP contribution in [0, 0.1) is 11.3 Å². The van der Waals surface area contributed by atoms with E-state index in [1.165, 1.54) is 6.42 Å². The van der Waals surface area contributed by atoms with Crippen molar-refractivity contribution < 1.29 is 9.53 Å². The van der Waals surface area contributed by atoms with Gasteiger partial charge in [0.05, 0.1) is 7.11 Å². The Morgan fingerprint density at radius 1 is 1.41 bits per heavy atom. The first kappa shape index (κ1) is 16.6. The number of methoxy groups -OCH3 is 1. The number of benzene rings is 1. The second-order valence-electron chi connectivity index (χ2n) is 5.36. The Morgan fingerprint density at radius 3 is 2.77 bits per heavy atom. The molecule has 0 saturated heterocycles. The minimum atomic E-state index is -0.309. The van der Waals surface area contributed by atoms with Crippen molar-refractivity contribution in [3.05, 3.63) is 33.8 Å². The number of ether oxygens (including phenoxy) is 1. The van der Waals surface area contributed by atoms with Crippen LogP contribution in [0.2, 0.25) is 0 Å². The number of nitrogens with one attached hydrogen (secondary N) is 1. The van der Waals surface area contributed by atoms with Crippen molar-refractivity contribution in [1.82, 2.24) is 5.32 Å². The molecular weight excluding hydrogens is 344 g/mol. The first-order valence-corrected chi connectivity index (χ1v) is 8.19. The Kier molecular flexibility index (Phi) is 6.02. The molecule has 1 N–H and O–H groups in total. The molecule has 1 aliphatic carbocycles. The van der Waals surface area contributed by atoms with Crippen molar-refractivity contribution in [3.63, 3.8) is 0 Å². The van der Waals surface area contributed by atoms with E-state index in [0.717, 1.165) is 30.2 Å². The molecule has 0 aliphatic heterocycles. The highest BCUT2D eigenvalue weighted by Crippen LogP contribution is 2.25. The topological polar surface area (TPSA) is 62.1 Å². The fourth-order valence-corrected chi connectivity index (χ4v) is 3.01. The van der Waals surface area contributed by atoms with Crippen molar-refractivity contribution in [2.45, 2.75) is 38.1 Å². The number of hydrogen-bond acceptors (Lipinski definition) is 3. The maximum atomic E-state index is 12.3. The smallest absolute Gasteiger partial charge is 0.262 e. The number of amides is 1. The largest absolute Gasteiger partial charge is 0.496 e. The van der Waals surface area contributed by atoms with Gasteiger partial charge in [-0.05, 0) is 37.1 Å². The van der Waals surface area contributed by atoms with Gasteiger partial charge in [-0.15, -0.1) is 0 Å². The van der Waals surface area contributed by atoms with Gasteiger partial charge in [0.25, 0.3) is 5.91 Å². The Hall–Kier alpha value is -1.80. The lowest BCUT2D eigenvalue weighted by atomic mass is 9.95. The van der Waals surface area contributed by atoms with Gasteiger partial charge in [0, 0.05) is 16.1 Å². The third-order valence-electron chi connectivity index (χ3n) is 3.80. The highest BCUT2D eigenvalue weighted by molar-refractivity contribution is 9.10. The summed E-state index contributed by atoms with van der Waals surface area (Å²) in [6.45, 7) is 0. The van der Waals surface area contributed by atoms with E-state index >= 15 is 0 Å². The molecule has 1 saturated carbocycles. The third kappa shape index (κ3) is 4.35. The van der Waals surface area contributed by atoms with Gasteiger partial charge in [-0.25, -0.2) is 0 Å². The van der Waals surface area contributed by atoms with Crippen molar-refractivity contribution in [2.24, 2.45) is 0 Å². The zero-order chi connectivity index (χ0) is 15.9. The molecule has 22 heavy (non-hydrogen) atoms. The van der Waals surface area contributed by atoms with Crippen LogP contribution in [0.15, 0.2) is 28.2 Å². The summed E-state index contributed by atoms with van der Waals surface area (Å²) in [5, 5.41) is 12.2. The summed E-state index contributed by atoms with van der Waals surface area (Å²) in [6.07, 6.45) is 7.05. The predicted octanol–water partition coefficient (Wildman–Crippen LogP) is 3.81. The van der Waals surface area contributed by atoms with Crippen LogP contribution in [0.1, 0.15) is 37.7 Å². The normalized spacial score (nSPS) is 16.0. The van der Waals surface area contributed by atoms with Crippen LogP contribution >= 0.6 is 15.9 Å². The van der Waals surface area contributed by atoms with Gasteiger partial charge >= 0.3 is 0 Å². The lowest BCUT2D eigenvalue weighted by molar-refractivity contribution is -0.117. The number of carbonyl (C=O) groups excluding carboxylic acids is 1. The van der Waals surface area contributed by atoms with Gasteiger partial charge in [-0.1, -0.05) is 35.2 Å². The number of nitrogens with zero attached hydrogens (tertiary/aromatic N) is 1. The Morgan fingerprint density at radius 2 is 2.14 bits per heavy atom. The van der Waals surface area contributed by atoms with Crippen LogP contribution in [0.25, 0.3) is 6.08 Å². The van der Waals surface area contributed by atoms with E-state index in [4.69, 9.17) is 4.74 Å². The number of halogens is 1. The number of nitriles is 1. The number of rotatable bonds is 4. The fourth-order valence-electron chi connectivity index (χ4n) is 2.63. The van der Waals surface area contributed by atoms with Gasteiger partial charge in [0.1, 0.15) is 17.4 Å². The first-order chi connectivity index (χ1) is 10.6. The zero-order valence-corrected chi connectivity index (χ0v) is 14.1. The molecule has 0 bridgehead atoms. The Bertz CT molecular complexity index is 614. The minimum Gasteiger partial charge on any atom is -0.496 e. The average Bonchev–Trinajstić information content (AvgIpc) is 2.53. The molecule has 5 heteroatoms. The first-order valence-electron chi connectivity index (χ1n) is 7.40. The molecule has 1 aliphatic rings. The predicted molar refractivity (Wildman–Crippen MR) is 89.3 cm³/mol. The molecule has 1 amide bonds. The molecule has 1 aromatic carbocycles. The monoisotopic (exact) mass is 362 g/mol. The van der Waals surface area contributed by atoms with Gasteiger partial charge in [-0.2, -0.15) is 5.26 Å². The summed E-state index contributed by atoms with van der Waals surface area (Å²) < 4.78 is 6.13.